The molecule has 0 radical (unpaired) electrons. The molecule has 1 aliphatic rings. The summed E-state index contributed by atoms with van der Waals surface area (Å²) in [5, 5.41) is 0. The van der Waals surface area contributed by atoms with Crippen molar-refractivity contribution in [2.24, 2.45) is 5.92 Å². The van der Waals surface area contributed by atoms with E-state index in [0.29, 0.717) is 12.6 Å². The number of ether oxygens (including phenoxy) is 1. The number of carbonyl (C=O) groups is 1. The van der Waals surface area contributed by atoms with E-state index >= 15 is 0 Å². The van der Waals surface area contributed by atoms with Crippen LogP contribution in [0.3, 0.4) is 0 Å². The van der Waals surface area contributed by atoms with Gasteiger partial charge in [-0.3, -0.25) is 9.69 Å². The number of rotatable bonds is 4. The highest BCUT2D eigenvalue weighted by Crippen LogP contribution is 2.29. The molecule has 3 nitrogen and oxygen atoms in total. The monoisotopic (exact) mass is 273 g/mol. The topological polar surface area (TPSA) is 29.5 Å². The molecule has 3 heteroatoms. The van der Waals surface area contributed by atoms with Gasteiger partial charge in [0, 0.05) is 0 Å². The van der Waals surface area contributed by atoms with Crippen molar-refractivity contribution < 1.29 is 9.53 Å². The van der Waals surface area contributed by atoms with E-state index in [1.54, 1.807) is 4.90 Å². The quantitative estimate of drug-likeness (QED) is 0.833. The van der Waals surface area contributed by atoms with Crippen molar-refractivity contribution in [1.82, 2.24) is 4.90 Å². The molecule has 1 aromatic rings. The van der Waals surface area contributed by atoms with E-state index < -0.39 is 0 Å². The largest absolute Gasteiger partial charge is 0.477 e. The first-order valence-corrected chi connectivity index (χ1v) is 7.19. The summed E-state index contributed by atoms with van der Waals surface area (Å²) in [5.74, 6) is 1.33. The lowest BCUT2D eigenvalue weighted by molar-refractivity contribution is -0.137. The molecule has 0 bridgehead atoms. The molecule has 0 aromatic heterocycles. The number of benzene rings is 1. The van der Waals surface area contributed by atoms with Gasteiger partial charge in [0.1, 0.15) is 5.76 Å². The van der Waals surface area contributed by atoms with E-state index in [2.05, 4.69) is 13.8 Å². The third-order valence-electron chi connectivity index (χ3n) is 3.73. The second-order valence-corrected chi connectivity index (χ2v) is 5.77. The molecule has 0 aliphatic carbocycles. The van der Waals surface area contributed by atoms with Gasteiger partial charge >= 0.3 is 0 Å². The Hall–Kier alpha value is -1.77. The number of nitrogens with zero attached hydrogens (tertiary/aromatic N) is 1. The molecule has 0 fully saturated rings. The van der Waals surface area contributed by atoms with Crippen LogP contribution < -0.4 is 0 Å². The van der Waals surface area contributed by atoms with Crippen LogP contribution >= 0.6 is 0 Å². The van der Waals surface area contributed by atoms with Crippen LogP contribution in [0.4, 0.5) is 0 Å². The van der Waals surface area contributed by atoms with Crippen molar-refractivity contribution in [2.75, 3.05) is 6.73 Å². The minimum absolute atomic E-state index is 0.0268. The summed E-state index contributed by atoms with van der Waals surface area (Å²) in [6.45, 7) is 8.51. The lowest BCUT2D eigenvalue weighted by Crippen LogP contribution is -2.40. The Balaban J connectivity index is 2.21. The SMILES string of the molecule is CC1=C(CC(C)C)C(=O)N(C(C)c2ccccc2)CO1. The highest BCUT2D eigenvalue weighted by atomic mass is 16.5. The molecule has 20 heavy (non-hydrogen) atoms. The van der Waals surface area contributed by atoms with Crippen molar-refractivity contribution in [3.05, 3.63) is 47.2 Å². The van der Waals surface area contributed by atoms with E-state index in [0.717, 1.165) is 23.3 Å². The second kappa shape index (κ2) is 6.12. The molecule has 1 aromatic carbocycles. The maximum atomic E-state index is 12.7. The Labute approximate surface area is 121 Å². The van der Waals surface area contributed by atoms with E-state index in [4.69, 9.17) is 4.74 Å². The molecule has 0 saturated heterocycles. The Morgan fingerprint density at radius 2 is 1.85 bits per heavy atom. The second-order valence-electron chi connectivity index (χ2n) is 5.77. The maximum absolute atomic E-state index is 12.7. The molecule has 108 valence electrons. The fourth-order valence-corrected chi connectivity index (χ4v) is 2.47. The number of amides is 1. The van der Waals surface area contributed by atoms with Gasteiger partial charge < -0.3 is 4.74 Å². The predicted molar refractivity (Wildman–Crippen MR) is 79.8 cm³/mol. The van der Waals surface area contributed by atoms with E-state index in [-0.39, 0.29) is 11.9 Å². The minimum atomic E-state index is 0.0268. The van der Waals surface area contributed by atoms with E-state index in [1.165, 1.54) is 0 Å². The summed E-state index contributed by atoms with van der Waals surface area (Å²) in [5.41, 5.74) is 1.95. The van der Waals surface area contributed by atoms with Gasteiger partial charge in [-0.2, -0.15) is 0 Å². The van der Waals surface area contributed by atoms with Crippen LogP contribution in [0, 0.1) is 5.92 Å². The van der Waals surface area contributed by atoms with Crippen LogP contribution in [-0.2, 0) is 9.53 Å². The van der Waals surface area contributed by atoms with Gasteiger partial charge in [-0.15, -0.1) is 0 Å². The molecule has 1 heterocycles. The van der Waals surface area contributed by atoms with Crippen LogP contribution in [0.5, 0.6) is 0 Å². The van der Waals surface area contributed by atoms with Crippen LogP contribution in [0.1, 0.15) is 45.7 Å². The lowest BCUT2D eigenvalue weighted by atomic mass is 9.98. The third-order valence-corrected chi connectivity index (χ3v) is 3.73. The van der Waals surface area contributed by atoms with Gasteiger partial charge in [0.2, 0.25) is 0 Å². The molecule has 1 unspecified atom stereocenters. The molecule has 0 N–H and O–H groups in total. The number of carbonyl (C=O) groups excluding carboxylic acids is 1. The van der Waals surface area contributed by atoms with Crippen molar-refractivity contribution in [1.29, 1.82) is 0 Å². The Bertz CT molecular complexity index is 505. The zero-order valence-corrected chi connectivity index (χ0v) is 12.7. The summed E-state index contributed by atoms with van der Waals surface area (Å²) in [4.78, 5) is 14.5. The van der Waals surface area contributed by atoms with Gasteiger partial charge in [-0.1, -0.05) is 44.2 Å². The average Bonchev–Trinajstić information content (AvgIpc) is 2.43. The Kier molecular flexibility index (Phi) is 4.48. The first kappa shape index (κ1) is 14.6. The van der Waals surface area contributed by atoms with Crippen molar-refractivity contribution in [2.45, 2.75) is 40.2 Å². The molecular formula is C17H23NO2. The molecule has 0 saturated carbocycles. The number of allylic oxidation sites excluding steroid dienone is 1. The summed E-state index contributed by atoms with van der Waals surface area (Å²) in [6, 6.07) is 10.1. The van der Waals surface area contributed by atoms with Crippen LogP contribution in [0.15, 0.2) is 41.7 Å². The molecule has 1 atom stereocenters. The van der Waals surface area contributed by atoms with Crippen molar-refractivity contribution in [3.63, 3.8) is 0 Å². The standard InChI is InChI=1S/C17H23NO2/c1-12(2)10-16-14(4)20-11-18(17(16)19)13(3)15-8-6-5-7-9-15/h5-9,12-13H,10-11H2,1-4H3. The van der Waals surface area contributed by atoms with E-state index in [1.807, 2.05) is 44.2 Å². The first-order valence-electron chi connectivity index (χ1n) is 7.19. The maximum Gasteiger partial charge on any atom is 0.256 e. The molecule has 2 rings (SSSR count). The normalized spacial score (nSPS) is 17.4. The van der Waals surface area contributed by atoms with Crippen LogP contribution in [0.2, 0.25) is 0 Å². The first-order chi connectivity index (χ1) is 9.50. The highest BCUT2D eigenvalue weighted by Gasteiger charge is 2.30. The predicted octanol–water partition coefficient (Wildman–Crippen LogP) is 3.88. The van der Waals surface area contributed by atoms with Crippen molar-refractivity contribution in [3.8, 4) is 0 Å². The number of hydrogen-bond acceptors (Lipinski definition) is 2. The average molecular weight is 273 g/mol. The molecule has 0 spiro atoms. The van der Waals surface area contributed by atoms with E-state index in [9.17, 15) is 4.79 Å². The Morgan fingerprint density at radius 1 is 1.20 bits per heavy atom. The van der Waals surface area contributed by atoms with Gasteiger partial charge in [0.15, 0.2) is 6.73 Å². The lowest BCUT2D eigenvalue weighted by Gasteiger charge is -2.34. The molecular weight excluding hydrogens is 250 g/mol. The fourth-order valence-electron chi connectivity index (χ4n) is 2.47. The zero-order valence-electron chi connectivity index (χ0n) is 12.7. The van der Waals surface area contributed by atoms with Crippen molar-refractivity contribution >= 4 is 5.91 Å². The smallest absolute Gasteiger partial charge is 0.256 e. The molecule has 1 aliphatic heterocycles. The van der Waals surface area contributed by atoms with Gasteiger partial charge in [-0.05, 0) is 31.7 Å². The van der Waals surface area contributed by atoms with Gasteiger partial charge in [0.25, 0.3) is 5.91 Å². The molecule has 1 amide bonds. The van der Waals surface area contributed by atoms with Gasteiger partial charge in [0.05, 0.1) is 11.6 Å². The van der Waals surface area contributed by atoms with Gasteiger partial charge in [-0.25, -0.2) is 0 Å². The highest BCUT2D eigenvalue weighted by molar-refractivity contribution is 5.94. The summed E-state index contributed by atoms with van der Waals surface area (Å²) >= 11 is 0. The summed E-state index contributed by atoms with van der Waals surface area (Å²) in [7, 11) is 0. The Morgan fingerprint density at radius 3 is 2.45 bits per heavy atom. The minimum Gasteiger partial charge on any atom is -0.477 e. The number of hydrogen-bond donors (Lipinski definition) is 0. The third kappa shape index (κ3) is 3.03. The summed E-state index contributed by atoms with van der Waals surface area (Å²) in [6.07, 6.45) is 0.767. The van der Waals surface area contributed by atoms with Crippen LogP contribution in [-0.4, -0.2) is 17.5 Å². The summed E-state index contributed by atoms with van der Waals surface area (Å²) < 4.78 is 5.70. The fraction of sp³-hybridized carbons (Fsp3) is 0.471. The zero-order chi connectivity index (χ0) is 14.7. The van der Waals surface area contributed by atoms with Crippen LogP contribution in [0.25, 0.3) is 0 Å².